The number of esters is 2. The summed E-state index contributed by atoms with van der Waals surface area (Å²) in [4.78, 5) is 37.8. The maximum Gasteiger partial charge on any atom is 0.330 e. The van der Waals surface area contributed by atoms with Crippen molar-refractivity contribution in [1.82, 2.24) is 0 Å². The quantitative estimate of drug-likeness (QED) is 0.121. The van der Waals surface area contributed by atoms with Gasteiger partial charge in [-0.15, -0.1) is 22.5 Å². The van der Waals surface area contributed by atoms with Gasteiger partial charge < -0.3 is 24.8 Å². The summed E-state index contributed by atoms with van der Waals surface area (Å²) in [6.45, 7) is 2.01. The lowest BCUT2D eigenvalue weighted by Crippen LogP contribution is -2.34. The Morgan fingerprint density at radius 2 is 1.93 bits per heavy atom. The fourth-order valence-corrected chi connectivity index (χ4v) is 2.21. The van der Waals surface area contributed by atoms with Crippen LogP contribution in [0, 0.1) is 10.1 Å². The van der Waals surface area contributed by atoms with Crippen molar-refractivity contribution in [2.75, 3.05) is 20.3 Å². The van der Waals surface area contributed by atoms with E-state index in [9.17, 15) is 19.7 Å². The minimum Gasteiger partial charge on any atom is -0.493 e. The summed E-state index contributed by atoms with van der Waals surface area (Å²) in [6, 6.07) is 4.10. The van der Waals surface area contributed by atoms with Crippen molar-refractivity contribution in [3.63, 3.8) is 0 Å². The van der Waals surface area contributed by atoms with E-state index in [0.717, 1.165) is 6.42 Å². The Labute approximate surface area is 180 Å². The van der Waals surface area contributed by atoms with Crippen LogP contribution in [0.3, 0.4) is 0 Å². The Hall–Kier alpha value is -2.85. The molecule has 10 nitrogen and oxygen atoms in total. The fraction of sp³-hybridized carbons (Fsp3) is 0.474. The molecular weight excluding hydrogens is 420 g/mol. The van der Waals surface area contributed by atoms with Gasteiger partial charge in [0, 0.05) is 6.08 Å². The Bertz CT molecular complexity index is 726. The predicted octanol–water partition coefficient (Wildman–Crippen LogP) is 2.69. The monoisotopic (exact) mass is 446 g/mol. The van der Waals surface area contributed by atoms with Crippen molar-refractivity contribution in [3.8, 4) is 11.5 Å². The summed E-state index contributed by atoms with van der Waals surface area (Å²) in [7, 11) is 1.43. The second-order valence-corrected chi connectivity index (χ2v) is 5.99. The molecule has 0 radical (unpaired) electrons. The Morgan fingerprint density at radius 1 is 1.23 bits per heavy atom. The molecule has 30 heavy (non-hydrogen) atoms. The SMILES string of the molecule is CCCC(N)C(=O)Oc1ccc(/C=C/C(=O)OCCCCO[N+](=O)[O-])cc1OC.Cl. The number of benzene rings is 1. The highest BCUT2D eigenvalue weighted by Crippen LogP contribution is 2.29. The third kappa shape index (κ3) is 10.6. The second kappa shape index (κ2) is 15.1. The largest absolute Gasteiger partial charge is 0.493 e. The number of methoxy groups -OCH3 is 1. The molecule has 0 bridgehead atoms. The summed E-state index contributed by atoms with van der Waals surface area (Å²) in [5.74, 6) is -0.537. The summed E-state index contributed by atoms with van der Waals surface area (Å²) < 4.78 is 15.5. The zero-order chi connectivity index (χ0) is 21.6. The van der Waals surface area contributed by atoms with E-state index < -0.39 is 23.1 Å². The van der Waals surface area contributed by atoms with Crippen LogP contribution in [0.4, 0.5) is 0 Å². The molecule has 0 aromatic heterocycles. The van der Waals surface area contributed by atoms with Crippen LogP contribution >= 0.6 is 12.4 Å². The molecule has 1 aromatic carbocycles. The van der Waals surface area contributed by atoms with Crippen LogP contribution in [0.25, 0.3) is 6.08 Å². The van der Waals surface area contributed by atoms with Gasteiger partial charge in [0.1, 0.15) is 6.04 Å². The van der Waals surface area contributed by atoms with Gasteiger partial charge in [-0.25, -0.2) is 9.59 Å². The number of carbonyl (C=O) groups is 2. The number of carbonyl (C=O) groups excluding carboxylic acids is 2. The molecule has 0 amide bonds. The zero-order valence-corrected chi connectivity index (χ0v) is 17.7. The minimum absolute atomic E-state index is 0. The molecule has 0 heterocycles. The van der Waals surface area contributed by atoms with Crippen molar-refractivity contribution in [1.29, 1.82) is 0 Å². The van der Waals surface area contributed by atoms with E-state index in [0.29, 0.717) is 30.6 Å². The van der Waals surface area contributed by atoms with Gasteiger partial charge in [-0.2, -0.15) is 0 Å². The molecule has 0 spiro atoms. The van der Waals surface area contributed by atoms with Crippen molar-refractivity contribution >= 4 is 30.4 Å². The Balaban J connectivity index is 0.00000841. The molecule has 1 unspecified atom stereocenters. The maximum absolute atomic E-state index is 12.0. The number of hydrogen-bond donors (Lipinski definition) is 1. The maximum atomic E-state index is 12.0. The number of nitrogens with two attached hydrogens (primary N) is 1. The Morgan fingerprint density at radius 3 is 2.57 bits per heavy atom. The minimum atomic E-state index is -0.866. The van der Waals surface area contributed by atoms with Crippen LogP contribution in [0.5, 0.6) is 11.5 Å². The second-order valence-electron chi connectivity index (χ2n) is 5.99. The van der Waals surface area contributed by atoms with Gasteiger partial charge >= 0.3 is 11.9 Å². The van der Waals surface area contributed by atoms with Crippen LogP contribution in [-0.2, 0) is 19.2 Å². The number of hydrogen-bond acceptors (Lipinski definition) is 9. The highest BCUT2D eigenvalue weighted by Gasteiger charge is 2.17. The highest BCUT2D eigenvalue weighted by molar-refractivity contribution is 5.87. The molecule has 11 heteroatoms. The lowest BCUT2D eigenvalue weighted by atomic mass is 10.1. The van der Waals surface area contributed by atoms with E-state index in [-0.39, 0.29) is 31.4 Å². The fourth-order valence-electron chi connectivity index (χ4n) is 2.21. The highest BCUT2D eigenvalue weighted by atomic mass is 35.5. The summed E-state index contributed by atoms with van der Waals surface area (Å²) in [5.41, 5.74) is 6.38. The number of ether oxygens (including phenoxy) is 3. The number of nitrogens with zero attached hydrogens (tertiary/aromatic N) is 1. The van der Waals surface area contributed by atoms with E-state index in [2.05, 4.69) is 4.84 Å². The molecule has 1 aromatic rings. The van der Waals surface area contributed by atoms with E-state index in [1.165, 1.54) is 19.3 Å². The zero-order valence-electron chi connectivity index (χ0n) is 16.9. The van der Waals surface area contributed by atoms with Gasteiger partial charge in [-0.3, -0.25) is 0 Å². The van der Waals surface area contributed by atoms with E-state index >= 15 is 0 Å². The lowest BCUT2D eigenvalue weighted by Gasteiger charge is -2.13. The molecule has 0 aliphatic heterocycles. The van der Waals surface area contributed by atoms with E-state index in [1.807, 2.05) is 6.92 Å². The average molecular weight is 447 g/mol. The first-order chi connectivity index (χ1) is 13.9. The summed E-state index contributed by atoms with van der Waals surface area (Å²) in [6.07, 6.45) is 4.89. The van der Waals surface area contributed by atoms with Crippen LogP contribution in [-0.4, -0.2) is 43.4 Å². The average Bonchev–Trinajstić information content (AvgIpc) is 2.69. The standard InChI is InChI=1S/C19H26N2O8.ClH/c1-3-6-15(20)19(23)29-16-9-7-14(13-17(16)26-2)8-10-18(22)27-11-4-5-12-28-21(24)25;/h7-10,13,15H,3-6,11-12,20H2,1-2H3;1H/b10-8+;. The lowest BCUT2D eigenvalue weighted by molar-refractivity contribution is -0.757. The molecule has 1 atom stereocenters. The first-order valence-corrected chi connectivity index (χ1v) is 9.14. The van der Waals surface area contributed by atoms with Gasteiger partial charge in [0.05, 0.1) is 20.3 Å². The van der Waals surface area contributed by atoms with Crippen LogP contribution in [0.15, 0.2) is 24.3 Å². The predicted molar refractivity (Wildman–Crippen MR) is 111 cm³/mol. The van der Waals surface area contributed by atoms with Gasteiger partial charge in [0.2, 0.25) is 0 Å². The number of rotatable bonds is 13. The Kier molecular flexibility index (Phi) is 13.6. The summed E-state index contributed by atoms with van der Waals surface area (Å²) >= 11 is 0. The topological polar surface area (TPSA) is 140 Å². The van der Waals surface area contributed by atoms with E-state index in [4.69, 9.17) is 19.9 Å². The molecular formula is C19H27ClN2O8. The smallest absolute Gasteiger partial charge is 0.330 e. The van der Waals surface area contributed by atoms with Crippen LogP contribution < -0.4 is 15.2 Å². The molecule has 0 saturated carbocycles. The van der Waals surface area contributed by atoms with Crippen molar-refractivity contribution < 1.29 is 33.7 Å². The number of unbranched alkanes of at least 4 members (excludes halogenated alkanes) is 1. The van der Waals surface area contributed by atoms with Gasteiger partial charge in [-0.1, -0.05) is 19.4 Å². The first kappa shape index (κ1) is 27.1. The summed E-state index contributed by atoms with van der Waals surface area (Å²) in [5, 5.41) is 9.12. The molecule has 168 valence electrons. The molecule has 0 fully saturated rings. The van der Waals surface area contributed by atoms with Gasteiger partial charge in [-0.05, 0) is 43.0 Å². The van der Waals surface area contributed by atoms with Gasteiger partial charge in [0.25, 0.3) is 5.09 Å². The van der Waals surface area contributed by atoms with Gasteiger partial charge in [0.15, 0.2) is 11.5 Å². The normalized spacial score (nSPS) is 11.3. The van der Waals surface area contributed by atoms with Crippen molar-refractivity contribution in [3.05, 3.63) is 40.0 Å². The van der Waals surface area contributed by atoms with Crippen molar-refractivity contribution in [2.45, 2.75) is 38.6 Å². The molecule has 0 aliphatic rings. The third-order valence-corrected chi connectivity index (χ3v) is 3.69. The first-order valence-electron chi connectivity index (χ1n) is 9.14. The van der Waals surface area contributed by atoms with Crippen LogP contribution in [0.1, 0.15) is 38.2 Å². The van der Waals surface area contributed by atoms with Crippen LogP contribution in [0.2, 0.25) is 0 Å². The third-order valence-electron chi connectivity index (χ3n) is 3.69. The molecule has 1 rings (SSSR count). The molecule has 0 saturated heterocycles. The van der Waals surface area contributed by atoms with Crippen molar-refractivity contribution in [2.24, 2.45) is 5.73 Å². The molecule has 2 N–H and O–H groups in total. The van der Waals surface area contributed by atoms with E-state index in [1.54, 1.807) is 18.2 Å². The molecule has 0 aliphatic carbocycles. The number of halogens is 1.